The number of imidazole rings is 1. The lowest BCUT2D eigenvalue weighted by atomic mass is 10.6. The molecule has 0 radical (unpaired) electrons. The number of aromatic nitrogens is 2. The van der Waals surface area contributed by atoms with E-state index in [-0.39, 0.29) is 0 Å². The standard InChI is InChI=1S/C8H12N2O2S/c1-7(2)13(11,12)6-3-8-9-4-5-10-8/h3-7H,1-2H3,(H,9,10)/b6-3+. The lowest BCUT2D eigenvalue weighted by Gasteiger charge is -1.99. The molecule has 0 saturated carbocycles. The van der Waals surface area contributed by atoms with Crippen molar-refractivity contribution in [2.75, 3.05) is 0 Å². The predicted octanol–water partition coefficient (Wildman–Crippen LogP) is 1.20. The third-order valence-electron chi connectivity index (χ3n) is 1.59. The van der Waals surface area contributed by atoms with Crippen molar-refractivity contribution in [1.29, 1.82) is 0 Å². The summed E-state index contributed by atoms with van der Waals surface area (Å²) < 4.78 is 22.6. The molecule has 1 aromatic rings. The highest BCUT2D eigenvalue weighted by atomic mass is 32.2. The molecule has 5 heteroatoms. The quantitative estimate of drug-likeness (QED) is 0.797. The molecule has 0 aliphatic rings. The molecule has 0 unspecified atom stereocenters. The Bertz CT molecular complexity index is 376. The highest BCUT2D eigenvalue weighted by Gasteiger charge is 2.10. The number of nitrogens with zero attached hydrogens (tertiary/aromatic N) is 1. The molecular formula is C8H12N2O2S. The predicted molar refractivity (Wildman–Crippen MR) is 51.7 cm³/mol. The minimum absolute atomic E-state index is 0.390. The van der Waals surface area contributed by atoms with Crippen LogP contribution in [0.1, 0.15) is 19.7 Å². The minimum atomic E-state index is -3.11. The van der Waals surface area contributed by atoms with Crippen LogP contribution in [0, 0.1) is 0 Å². The van der Waals surface area contributed by atoms with Gasteiger partial charge in [-0.15, -0.1) is 0 Å². The molecule has 1 heterocycles. The van der Waals surface area contributed by atoms with Crippen molar-refractivity contribution < 1.29 is 8.42 Å². The first-order valence-electron chi connectivity index (χ1n) is 3.94. The molecule has 0 aromatic carbocycles. The number of sulfone groups is 1. The molecule has 13 heavy (non-hydrogen) atoms. The fraction of sp³-hybridized carbons (Fsp3) is 0.375. The van der Waals surface area contributed by atoms with Gasteiger partial charge in [-0.2, -0.15) is 0 Å². The van der Waals surface area contributed by atoms with Gasteiger partial charge in [-0.25, -0.2) is 13.4 Å². The van der Waals surface area contributed by atoms with Crippen molar-refractivity contribution in [3.8, 4) is 0 Å². The molecule has 0 aliphatic heterocycles. The largest absolute Gasteiger partial charge is 0.345 e. The molecule has 1 aromatic heterocycles. The Morgan fingerprint density at radius 3 is 2.69 bits per heavy atom. The summed E-state index contributed by atoms with van der Waals surface area (Å²) in [6, 6.07) is 0. The molecule has 0 saturated heterocycles. The highest BCUT2D eigenvalue weighted by Crippen LogP contribution is 2.04. The van der Waals surface area contributed by atoms with Crippen molar-refractivity contribution in [2.24, 2.45) is 0 Å². The van der Waals surface area contributed by atoms with E-state index in [1.54, 1.807) is 26.2 Å². The van der Waals surface area contributed by atoms with Crippen LogP contribution in [0.2, 0.25) is 0 Å². The summed E-state index contributed by atoms with van der Waals surface area (Å²) in [6.45, 7) is 3.28. The minimum Gasteiger partial charge on any atom is -0.345 e. The summed E-state index contributed by atoms with van der Waals surface area (Å²) in [5, 5.41) is 0.787. The van der Waals surface area contributed by atoms with Gasteiger partial charge in [0.05, 0.1) is 5.25 Å². The van der Waals surface area contributed by atoms with Gasteiger partial charge < -0.3 is 4.98 Å². The molecule has 0 atom stereocenters. The normalized spacial score (nSPS) is 12.8. The summed E-state index contributed by atoms with van der Waals surface area (Å²) in [6.07, 6.45) is 4.67. The summed E-state index contributed by atoms with van der Waals surface area (Å²) in [5.41, 5.74) is 0. The van der Waals surface area contributed by atoms with Crippen LogP contribution in [0.4, 0.5) is 0 Å². The molecule has 0 spiro atoms. The fourth-order valence-electron chi connectivity index (χ4n) is 0.685. The molecule has 1 N–H and O–H groups in total. The van der Waals surface area contributed by atoms with Crippen molar-refractivity contribution >= 4 is 15.9 Å². The molecule has 0 aliphatic carbocycles. The summed E-state index contributed by atoms with van der Waals surface area (Å²) >= 11 is 0. The van der Waals surface area contributed by atoms with Gasteiger partial charge >= 0.3 is 0 Å². The van der Waals surface area contributed by atoms with Gasteiger partial charge in [-0.05, 0) is 19.9 Å². The molecular weight excluding hydrogens is 188 g/mol. The van der Waals surface area contributed by atoms with Crippen LogP contribution in [0.5, 0.6) is 0 Å². The van der Waals surface area contributed by atoms with E-state index < -0.39 is 15.1 Å². The molecule has 0 amide bonds. The topological polar surface area (TPSA) is 62.8 Å². The van der Waals surface area contributed by atoms with E-state index in [9.17, 15) is 8.42 Å². The molecule has 1 rings (SSSR count). The number of hydrogen-bond acceptors (Lipinski definition) is 3. The average molecular weight is 200 g/mol. The summed E-state index contributed by atoms with van der Waals surface area (Å²) in [4.78, 5) is 6.66. The van der Waals surface area contributed by atoms with Crippen LogP contribution in [-0.4, -0.2) is 23.6 Å². The molecule has 72 valence electrons. The second-order valence-electron chi connectivity index (χ2n) is 2.91. The van der Waals surface area contributed by atoms with Gasteiger partial charge in [-0.1, -0.05) is 0 Å². The van der Waals surface area contributed by atoms with E-state index in [4.69, 9.17) is 0 Å². The van der Waals surface area contributed by atoms with Crippen LogP contribution >= 0.6 is 0 Å². The van der Waals surface area contributed by atoms with Crippen molar-refractivity contribution in [3.05, 3.63) is 23.6 Å². The zero-order chi connectivity index (χ0) is 9.90. The van der Waals surface area contributed by atoms with Crippen LogP contribution in [0.15, 0.2) is 17.8 Å². The van der Waals surface area contributed by atoms with Crippen LogP contribution in [-0.2, 0) is 9.84 Å². The Kier molecular flexibility index (Phi) is 2.87. The number of hydrogen-bond donors (Lipinski definition) is 1. The second kappa shape index (κ2) is 3.74. The van der Waals surface area contributed by atoms with Gasteiger partial charge in [0.1, 0.15) is 5.82 Å². The van der Waals surface area contributed by atoms with E-state index in [2.05, 4.69) is 9.97 Å². The van der Waals surface area contributed by atoms with Gasteiger partial charge in [-0.3, -0.25) is 0 Å². The number of H-pyrrole nitrogens is 1. The number of nitrogens with one attached hydrogen (secondary N) is 1. The van der Waals surface area contributed by atoms with Crippen molar-refractivity contribution in [1.82, 2.24) is 9.97 Å². The maximum Gasteiger partial charge on any atom is 0.174 e. The smallest absolute Gasteiger partial charge is 0.174 e. The van der Waals surface area contributed by atoms with E-state index in [1.165, 1.54) is 11.5 Å². The Morgan fingerprint density at radius 1 is 1.54 bits per heavy atom. The van der Waals surface area contributed by atoms with Crippen LogP contribution in [0.3, 0.4) is 0 Å². The van der Waals surface area contributed by atoms with E-state index in [1.807, 2.05) is 0 Å². The lowest BCUT2D eigenvalue weighted by molar-refractivity contribution is 0.596. The van der Waals surface area contributed by atoms with Crippen molar-refractivity contribution in [3.63, 3.8) is 0 Å². The first-order chi connectivity index (χ1) is 6.02. The average Bonchev–Trinajstić information content (AvgIpc) is 2.52. The SMILES string of the molecule is CC(C)S(=O)(=O)/C=C/c1ncc[nH]1. The number of aromatic amines is 1. The maximum atomic E-state index is 11.3. The van der Waals surface area contributed by atoms with Gasteiger partial charge in [0.2, 0.25) is 0 Å². The third kappa shape index (κ3) is 2.69. The Labute approximate surface area is 77.6 Å². The van der Waals surface area contributed by atoms with Crippen LogP contribution in [0.25, 0.3) is 6.08 Å². The zero-order valence-electron chi connectivity index (χ0n) is 7.56. The van der Waals surface area contributed by atoms with Gasteiger partial charge in [0.25, 0.3) is 0 Å². The summed E-state index contributed by atoms with van der Waals surface area (Å²) in [5.74, 6) is 0.546. The van der Waals surface area contributed by atoms with Gasteiger partial charge in [0, 0.05) is 17.8 Å². The zero-order valence-corrected chi connectivity index (χ0v) is 8.38. The monoisotopic (exact) mass is 200 g/mol. The summed E-state index contributed by atoms with van der Waals surface area (Å²) in [7, 11) is -3.11. The fourth-order valence-corrected chi connectivity index (χ4v) is 1.32. The Hall–Kier alpha value is -1.10. The maximum absolute atomic E-state index is 11.3. The molecule has 4 nitrogen and oxygen atoms in total. The molecule has 0 bridgehead atoms. The molecule has 0 fully saturated rings. The van der Waals surface area contributed by atoms with E-state index in [0.29, 0.717) is 5.82 Å². The van der Waals surface area contributed by atoms with Gasteiger partial charge in [0.15, 0.2) is 9.84 Å². The Balaban J connectivity index is 2.81. The van der Waals surface area contributed by atoms with Crippen molar-refractivity contribution in [2.45, 2.75) is 19.1 Å². The van der Waals surface area contributed by atoms with Crippen LogP contribution < -0.4 is 0 Å². The van der Waals surface area contributed by atoms with E-state index >= 15 is 0 Å². The number of rotatable bonds is 3. The highest BCUT2D eigenvalue weighted by molar-refractivity contribution is 7.94. The second-order valence-corrected chi connectivity index (χ2v) is 5.31. The first-order valence-corrected chi connectivity index (χ1v) is 5.54. The van der Waals surface area contributed by atoms with E-state index in [0.717, 1.165) is 0 Å². The first kappa shape index (κ1) is 9.98. The third-order valence-corrected chi connectivity index (χ3v) is 3.42. The lowest BCUT2D eigenvalue weighted by Crippen LogP contribution is -2.09. The Morgan fingerprint density at radius 2 is 2.23 bits per heavy atom.